The fraction of sp³-hybridized carbons (Fsp3) is 0.636. The van der Waals surface area contributed by atoms with Crippen molar-refractivity contribution in [1.29, 1.82) is 0 Å². The lowest BCUT2D eigenvalue weighted by atomic mass is 9.67. The summed E-state index contributed by atoms with van der Waals surface area (Å²) in [6, 6.07) is 4.23. The van der Waals surface area contributed by atoms with Crippen LogP contribution in [-0.2, 0) is 0 Å². The smallest absolute Gasteiger partial charge is 0.513 e. The van der Waals surface area contributed by atoms with Gasteiger partial charge in [0.1, 0.15) is 5.75 Å². The number of hydrogen-bond donors (Lipinski definition) is 1. The van der Waals surface area contributed by atoms with Gasteiger partial charge in [0, 0.05) is 11.4 Å². The summed E-state index contributed by atoms with van der Waals surface area (Å²) >= 11 is 6.29. The van der Waals surface area contributed by atoms with Crippen LogP contribution in [-0.4, -0.2) is 11.5 Å². The summed E-state index contributed by atoms with van der Waals surface area (Å²) in [5, 5.41) is 9.75. The second kappa shape index (κ2) is 8.56. The Morgan fingerprint density at radius 3 is 2.54 bits per heavy atom. The van der Waals surface area contributed by atoms with Crippen LogP contribution in [0, 0.1) is 11.3 Å². The van der Waals surface area contributed by atoms with E-state index in [2.05, 4.69) is 11.3 Å². The molecule has 0 bridgehead atoms. The van der Waals surface area contributed by atoms with Gasteiger partial charge in [-0.1, -0.05) is 18.2 Å². The van der Waals surface area contributed by atoms with E-state index in [1.807, 2.05) is 0 Å². The highest BCUT2D eigenvalue weighted by molar-refractivity contribution is 6.31. The minimum absolute atomic E-state index is 0.187. The van der Waals surface area contributed by atoms with Crippen molar-refractivity contribution in [3.63, 3.8) is 0 Å². The first kappa shape index (κ1) is 21.4. The molecule has 2 aliphatic carbocycles. The van der Waals surface area contributed by atoms with E-state index in [0.717, 1.165) is 44.1 Å². The molecular formula is C22H28ClF3O2. The molecule has 2 nitrogen and oxygen atoms in total. The Kier molecular flexibility index (Phi) is 6.53. The molecule has 0 aliphatic heterocycles. The largest absolute Gasteiger partial charge is 0.573 e. The summed E-state index contributed by atoms with van der Waals surface area (Å²) in [6.07, 6.45) is 5.90. The second-order valence-corrected chi connectivity index (χ2v) is 8.98. The Bertz CT molecular complexity index is 694. The number of aliphatic hydroxyl groups is 1. The molecule has 0 heterocycles. The van der Waals surface area contributed by atoms with Gasteiger partial charge in [0.15, 0.2) is 0 Å². The lowest BCUT2D eigenvalue weighted by Crippen LogP contribution is -2.24. The predicted molar refractivity (Wildman–Crippen MR) is 105 cm³/mol. The van der Waals surface area contributed by atoms with Gasteiger partial charge in [-0.25, -0.2) is 0 Å². The number of allylic oxidation sites excluding steroid dienone is 1. The molecule has 6 heteroatoms. The third-order valence-corrected chi connectivity index (χ3v) is 6.91. The van der Waals surface area contributed by atoms with Crippen molar-refractivity contribution in [2.75, 3.05) is 0 Å². The van der Waals surface area contributed by atoms with E-state index in [1.165, 1.54) is 37.5 Å². The van der Waals surface area contributed by atoms with Gasteiger partial charge in [-0.15, -0.1) is 13.2 Å². The summed E-state index contributed by atoms with van der Waals surface area (Å²) in [4.78, 5) is 0. The zero-order chi connectivity index (χ0) is 20.4. The fourth-order valence-electron chi connectivity index (χ4n) is 5.20. The van der Waals surface area contributed by atoms with Gasteiger partial charge in [0.05, 0.1) is 5.76 Å². The Labute approximate surface area is 169 Å². The van der Waals surface area contributed by atoms with E-state index in [9.17, 15) is 18.3 Å². The zero-order valence-electron chi connectivity index (χ0n) is 16.0. The van der Waals surface area contributed by atoms with Gasteiger partial charge in [0.25, 0.3) is 0 Å². The van der Waals surface area contributed by atoms with Crippen LogP contribution < -0.4 is 4.74 Å². The molecule has 2 fully saturated rings. The van der Waals surface area contributed by atoms with Crippen molar-refractivity contribution in [1.82, 2.24) is 0 Å². The molecule has 0 amide bonds. The minimum atomic E-state index is -4.69. The highest BCUT2D eigenvalue weighted by Gasteiger charge is 2.42. The molecule has 1 aromatic rings. The van der Waals surface area contributed by atoms with Crippen molar-refractivity contribution >= 4 is 11.6 Å². The number of aliphatic hydroxyl groups excluding tert-OH is 1. The summed E-state index contributed by atoms with van der Waals surface area (Å²) in [5.74, 6) is 0.968. The van der Waals surface area contributed by atoms with Crippen molar-refractivity contribution in [3.05, 3.63) is 41.1 Å². The van der Waals surface area contributed by atoms with E-state index in [0.29, 0.717) is 22.8 Å². The first-order chi connectivity index (χ1) is 13.2. The predicted octanol–water partition coefficient (Wildman–Crippen LogP) is 7.92. The maximum Gasteiger partial charge on any atom is 0.573 e. The monoisotopic (exact) mass is 416 g/mol. The lowest BCUT2D eigenvalue weighted by molar-refractivity contribution is -0.274. The number of halogens is 4. The summed E-state index contributed by atoms with van der Waals surface area (Å²) in [7, 11) is 0. The average molecular weight is 417 g/mol. The van der Waals surface area contributed by atoms with Gasteiger partial charge < -0.3 is 9.84 Å². The molecule has 0 aromatic heterocycles. The third kappa shape index (κ3) is 5.59. The molecule has 28 heavy (non-hydrogen) atoms. The number of ether oxygens (including phenoxy) is 1. The SMILES string of the molecule is C=C(O)CCCC1CCC2(CCC(c3cc(OC(F)(F)F)ccc3Cl)CC2)C1. The third-order valence-electron chi connectivity index (χ3n) is 6.57. The average Bonchev–Trinajstić information content (AvgIpc) is 2.99. The number of hydrogen-bond acceptors (Lipinski definition) is 2. The van der Waals surface area contributed by atoms with Gasteiger partial charge in [-0.3, -0.25) is 0 Å². The van der Waals surface area contributed by atoms with Crippen LogP contribution in [0.25, 0.3) is 0 Å². The Hall–Kier alpha value is -1.36. The molecule has 2 saturated carbocycles. The van der Waals surface area contributed by atoms with Crippen molar-refractivity contribution in [2.24, 2.45) is 11.3 Å². The highest BCUT2D eigenvalue weighted by Crippen LogP contribution is 2.55. The van der Waals surface area contributed by atoms with Crippen LogP contribution in [0.15, 0.2) is 30.5 Å². The van der Waals surface area contributed by atoms with E-state index in [1.54, 1.807) is 0 Å². The fourth-order valence-corrected chi connectivity index (χ4v) is 5.47. The van der Waals surface area contributed by atoms with E-state index >= 15 is 0 Å². The Morgan fingerprint density at radius 2 is 1.89 bits per heavy atom. The van der Waals surface area contributed by atoms with Crippen molar-refractivity contribution in [2.45, 2.75) is 76.5 Å². The van der Waals surface area contributed by atoms with Crippen molar-refractivity contribution in [3.8, 4) is 5.75 Å². The topological polar surface area (TPSA) is 29.5 Å². The lowest BCUT2D eigenvalue weighted by Gasteiger charge is -2.38. The number of rotatable bonds is 6. The maximum atomic E-state index is 12.5. The summed E-state index contributed by atoms with van der Waals surface area (Å²) in [6.45, 7) is 3.55. The molecule has 1 atom stereocenters. The molecule has 0 saturated heterocycles. The summed E-state index contributed by atoms with van der Waals surface area (Å²) < 4.78 is 41.6. The normalized spacial score (nSPS) is 27.9. The van der Waals surface area contributed by atoms with Crippen LogP contribution in [0.5, 0.6) is 5.75 Å². The van der Waals surface area contributed by atoms with E-state index in [4.69, 9.17) is 11.6 Å². The standard InChI is InChI=1S/C22H28ClF3O2/c1-15(27)3-2-4-16-7-10-21(14-16)11-8-17(9-12-21)19-13-18(5-6-20(19)23)28-22(24,25)26/h5-6,13,16-17,27H,1-4,7-12,14H2. The molecular weight excluding hydrogens is 389 g/mol. The first-order valence-corrected chi connectivity index (χ1v) is 10.5. The molecule has 1 spiro atoms. The van der Waals surface area contributed by atoms with E-state index < -0.39 is 6.36 Å². The zero-order valence-corrected chi connectivity index (χ0v) is 16.8. The quantitative estimate of drug-likeness (QED) is 0.477. The molecule has 1 N–H and O–H groups in total. The molecule has 1 aromatic carbocycles. The molecule has 0 radical (unpaired) electrons. The van der Waals surface area contributed by atoms with E-state index in [-0.39, 0.29) is 17.4 Å². The van der Waals surface area contributed by atoms with Crippen LogP contribution in [0.3, 0.4) is 0 Å². The molecule has 3 rings (SSSR count). The van der Waals surface area contributed by atoms with Crippen LogP contribution in [0.1, 0.15) is 75.7 Å². The highest BCUT2D eigenvalue weighted by atomic mass is 35.5. The van der Waals surface area contributed by atoms with Crippen LogP contribution in [0.4, 0.5) is 13.2 Å². The number of alkyl halides is 3. The van der Waals surface area contributed by atoms with Gasteiger partial charge in [-0.05, 0) is 98.8 Å². The minimum Gasteiger partial charge on any atom is -0.513 e. The second-order valence-electron chi connectivity index (χ2n) is 8.57. The first-order valence-electron chi connectivity index (χ1n) is 10.1. The van der Waals surface area contributed by atoms with Crippen LogP contribution >= 0.6 is 11.6 Å². The van der Waals surface area contributed by atoms with Gasteiger partial charge in [-0.2, -0.15) is 0 Å². The molecule has 1 unspecified atom stereocenters. The van der Waals surface area contributed by atoms with Gasteiger partial charge in [0.2, 0.25) is 0 Å². The Balaban J connectivity index is 1.57. The molecule has 2 aliphatic rings. The van der Waals surface area contributed by atoms with Crippen molar-refractivity contribution < 1.29 is 23.0 Å². The maximum absolute atomic E-state index is 12.5. The molecule has 156 valence electrons. The van der Waals surface area contributed by atoms with Crippen LogP contribution in [0.2, 0.25) is 5.02 Å². The van der Waals surface area contributed by atoms with Gasteiger partial charge >= 0.3 is 6.36 Å². The Morgan fingerprint density at radius 1 is 1.21 bits per heavy atom. The summed E-state index contributed by atoms with van der Waals surface area (Å²) in [5.41, 5.74) is 1.15. The number of benzene rings is 1.